The fourth-order valence-corrected chi connectivity index (χ4v) is 1.69. The molecule has 0 aliphatic carbocycles. The first kappa shape index (κ1) is 10.9. The number of hydrogen-bond acceptors (Lipinski definition) is 4. The predicted octanol–water partition coefficient (Wildman–Crippen LogP) is 1.17. The van der Waals surface area contributed by atoms with Gasteiger partial charge in [0, 0.05) is 6.61 Å². The minimum absolute atomic E-state index is 0.0637. The van der Waals surface area contributed by atoms with Crippen molar-refractivity contribution < 1.29 is 9.53 Å². The van der Waals surface area contributed by atoms with Crippen LogP contribution in [-0.4, -0.2) is 23.6 Å². The molecule has 0 aromatic carbocycles. The zero-order valence-corrected chi connectivity index (χ0v) is 8.98. The molecule has 1 atom stereocenters. The van der Waals surface area contributed by atoms with Crippen LogP contribution in [0.4, 0.5) is 11.5 Å². The highest BCUT2D eigenvalue weighted by molar-refractivity contribution is 5.90. The number of ether oxygens (including phenoxy) is 1. The van der Waals surface area contributed by atoms with Crippen LogP contribution < -0.4 is 11.1 Å². The van der Waals surface area contributed by atoms with E-state index in [9.17, 15) is 4.79 Å². The molecule has 1 unspecified atom stereocenters. The largest absolute Gasteiger partial charge is 0.397 e. The molecule has 2 heterocycles. The molecule has 86 valence electrons. The molecule has 1 aromatic heterocycles. The number of hydrogen-bond donors (Lipinski definition) is 2. The van der Waals surface area contributed by atoms with Crippen molar-refractivity contribution in [2.45, 2.75) is 25.4 Å². The number of nitrogens with two attached hydrogens (primary N) is 1. The van der Waals surface area contributed by atoms with Crippen molar-refractivity contribution in [3.05, 3.63) is 18.3 Å². The summed E-state index contributed by atoms with van der Waals surface area (Å²) in [5.74, 6) is 0.460. The van der Waals surface area contributed by atoms with Crippen LogP contribution in [0, 0.1) is 0 Å². The predicted molar refractivity (Wildman–Crippen MR) is 60.9 cm³/mol. The van der Waals surface area contributed by atoms with Gasteiger partial charge >= 0.3 is 0 Å². The van der Waals surface area contributed by atoms with Crippen LogP contribution in [0.15, 0.2) is 18.3 Å². The van der Waals surface area contributed by atoms with Gasteiger partial charge in [-0.25, -0.2) is 4.98 Å². The van der Waals surface area contributed by atoms with Gasteiger partial charge in [0.1, 0.15) is 5.82 Å². The molecule has 5 heteroatoms. The Balaban J connectivity index is 1.84. The van der Waals surface area contributed by atoms with Crippen molar-refractivity contribution in [3.8, 4) is 0 Å². The average molecular weight is 221 g/mol. The number of rotatable bonds is 3. The van der Waals surface area contributed by atoms with Gasteiger partial charge in [-0.15, -0.1) is 0 Å². The highest BCUT2D eigenvalue weighted by Crippen LogP contribution is 2.16. The number of carbonyl (C=O) groups excluding carboxylic acids is 1. The van der Waals surface area contributed by atoms with Crippen molar-refractivity contribution in [2.24, 2.45) is 0 Å². The molecule has 0 bridgehead atoms. The quantitative estimate of drug-likeness (QED) is 0.803. The minimum atomic E-state index is -0.0656. The summed E-state index contributed by atoms with van der Waals surface area (Å²) in [5, 5.41) is 2.71. The number of nitrogen functional groups attached to an aromatic ring is 1. The van der Waals surface area contributed by atoms with Crippen LogP contribution in [0.5, 0.6) is 0 Å². The molecule has 16 heavy (non-hydrogen) atoms. The fraction of sp³-hybridized carbons (Fsp3) is 0.455. The standard InChI is InChI=1S/C11H15N3O2/c12-8-3-4-10(13-7-8)14-11(15)6-9-2-1-5-16-9/h3-4,7,9H,1-2,5-6,12H2,(H,13,14,15). The Morgan fingerprint density at radius 3 is 3.12 bits per heavy atom. The van der Waals surface area contributed by atoms with Gasteiger partial charge in [-0.3, -0.25) is 4.79 Å². The van der Waals surface area contributed by atoms with Gasteiger partial charge in [0.2, 0.25) is 5.91 Å². The Hall–Kier alpha value is -1.62. The van der Waals surface area contributed by atoms with E-state index >= 15 is 0 Å². The fourth-order valence-electron chi connectivity index (χ4n) is 1.69. The van der Waals surface area contributed by atoms with Crippen molar-refractivity contribution >= 4 is 17.4 Å². The van der Waals surface area contributed by atoms with Crippen molar-refractivity contribution in [1.82, 2.24) is 4.98 Å². The monoisotopic (exact) mass is 221 g/mol. The zero-order valence-electron chi connectivity index (χ0n) is 8.98. The first-order valence-electron chi connectivity index (χ1n) is 5.37. The van der Waals surface area contributed by atoms with E-state index in [2.05, 4.69) is 10.3 Å². The maximum Gasteiger partial charge on any atom is 0.228 e. The highest BCUT2D eigenvalue weighted by atomic mass is 16.5. The Kier molecular flexibility index (Phi) is 3.36. The lowest BCUT2D eigenvalue weighted by atomic mass is 10.2. The summed E-state index contributed by atoms with van der Waals surface area (Å²) in [4.78, 5) is 15.6. The number of nitrogens with one attached hydrogen (secondary N) is 1. The molecule has 0 radical (unpaired) electrons. The summed E-state index contributed by atoms with van der Waals surface area (Å²) >= 11 is 0. The van der Waals surface area contributed by atoms with Crippen molar-refractivity contribution in [2.75, 3.05) is 17.7 Å². The van der Waals surface area contributed by atoms with Gasteiger partial charge in [-0.1, -0.05) is 0 Å². The zero-order chi connectivity index (χ0) is 11.4. The summed E-state index contributed by atoms with van der Waals surface area (Å²) in [6.45, 7) is 0.762. The molecule has 1 aromatic rings. The third-order valence-corrected chi connectivity index (χ3v) is 2.49. The lowest BCUT2D eigenvalue weighted by molar-refractivity contribution is -0.118. The van der Waals surface area contributed by atoms with Crippen molar-refractivity contribution in [1.29, 1.82) is 0 Å². The summed E-state index contributed by atoms with van der Waals surface area (Å²) in [6, 6.07) is 3.39. The molecule has 1 aliphatic heterocycles. The molecule has 2 rings (SSSR count). The van der Waals surface area contributed by atoms with Gasteiger partial charge in [0.15, 0.2) is 0 Å². The van der Waals surface area contributed by atoms with Crippen LogP contribution in [-0.2, 0) is 9.53 Å². The molecule has 3 N–H and O–H groups in total. The third-order valence-electron chi connectivity index (χ3n) is 2.49. The maximum absolute atomic E-state index is 11.6. The van der Waals surface area contributed by atoms with Gasteiger partial charge in [-0.2, -0.15) is 0 Å². The van der Waals surface area contributed by atoms with E-state index in [1.165, 1.54) is 6.20 Å². The third kappa shape index (κ3) is 2.93. The second-order valence-corrected chi connectivity index (χ2v) is 3.86. The molecule has 1 aliphatic rings. The molecule has 0 saturated carbocycles. The van der Waals surface area contributed by atoms with E-state index < -0.39 is 0 Å². The summed E-state index contributed by atoms with van der Waals surface area (Å²) in [6.07, 6.45) is 3.97. The van der Waals surface area contributed by atoms with Crippen LogP contribution in [0.1, 0.15) is 19.3 Å². The van der Waals surface area contributed by atoms with Crippen LogP contribution in [0.3, 0.4) is 0 Å². The van der Waals surface area contributed by atoms with Crippen LogP contribution in [0.25, 0.3) is 0 Å². The number of nitrogens with zero attached hydrogens (tertiary/aromatic N) is 1. The molecular formula is C11H15N3O2. The van der Waals surface area contributed by atoms with Crippen LogP contribution in [0.2, 0.25) is 0 Å². The molecule has 5 nitrogen and oxygen atoms in total. The topological polar surface area (TPSA) is 77.2 Å². The minimum Gasteiger partial charge on any atom is -0.397 e. The van der Waals surface area contributed by atoms with E-state index in [4.69, 9.17) is 10.5 Å². The maximum atomic E-state index is 11.6. The number of anilines is 2. The second-order valence-electron chi connectivity index (χ2n) is 3.86. The molecule has 0 spiro atoms. The smallest absolute Gasteiger partial charge is 0.228 e. The van der Waals surface area contributed by atoms with E-state index in [1.54, 1.807) is 12.1 Å². The summed E-state index contributed by atoms with van der Waals surface area (Å²) in [7, 11) is 0. The Morgan fingerprint density at radius 2 is 2.50 bits per heavy atom. The average Bonchev–Trinajstić information content (AvgIpc) is 2.74. The second kappa shape index (κ2) is 4.94. The van der Waals surface area contributed by atoms with E-state index in [1.807, 2.05) is 0 Å². The molecule has 1 amide bonds. The highest BCUT2D eigenvalue weighted by Gasteiger charge is 2.19. The molecular weight excluding hydrogens is 206 g/mol. The first-order valence-corrected chi connectivity index (χ1v) is 5.37. The van der Waals surface area contributed by atoms with E-state index in [0.717, 1.165) is 19.4 Å². The van der Waals surface area contributed by atoms with Gasteiger partial charge in [0.05, 0.1) is 24.4 Å². The molecule has 1 saturated heterocycles. The SMILES string of the molecule is Nc1ccc(NC(=O)CC2CCCO2)nc1. The van der Waals surface area contributed by atoms with Crippen molar-refractivity contribution in [3.63, 3.8) is 0 Å². The summed E-state index contributed by atoms with van der Waals surface area (Å²) in [5.41, 5.74) is 6.07. The lowest BCUT2D eigenvalue weighted by Gasteiger charge is -2.09. The summed E-state index contributed by atoms with van der Waals surface area (Å²) < 4.78 is 5.38. The lowest BCUT2D eigenvalue weighted by Crippen LogP contribution is -2.19. The number of pyridine rings is 1. The molecule has 1 fully saturated rings. The van der Waals surface area contributed by atoms with Crippen LogP contribution >= 0.6 is 0 Å². The number of aromatic nitrogens is 1. The Morgan fingerprint density at radius 1 is 1.62 bits per heavy atom. The number of carbonyl (C=O) groups is 1. The Bertz CT molecular complexity index is 358. The number of amides is 1. The van der Waals surface area contributed by atoms with E-state index in [-0.39, 0.29) is 12.0 Å². The first-order chi connectivity index (χ1) is 7.74. The van der Waals surface area contributed by atoms with Gasteiger partial charge in [-0.05, 0) is 25.0 Å². The van der Waals surface area contributed by atoms with Gasteiger partial charge in [0.25, 0.3) is 0 Å². The van der Waals surface area contributed by atoms with E-state index in [0.29, 0.717) is 17.9 Å². The Labute approximate surface area is 94.0 Å². The van der Waals surface area contributed by atoms with Gasteiger partial charge < -0.3 is 15.8 Å². The normalized spacial score (nSPS) is 19.6.